The van der Waals surface area contributed by atoms with E-state index in [1.165, 1.54) is 17.5 Å². The third-order valence-electron chi connectivity index (χ3n) is 2.31. The second-order valence-electron chi connectivity index (χ2n) is 3.60. The average Bonchev–Trinajstić information content (AvgIpc) is 2.84. The number of nitrogens with two attached hydrogens (primary N) is 1. The number of hydrogen-bond acceptors (Lipinski definition) is 6. The molecule has 9 heteroatoms. The van der Waals surface area contributed by atoms with Crippen molar-refractivity contribution in [2.75, 3.05) is 33.4 Å². The Bertz CT molecular complexity index is 527. The maximum absolute atomic E-state index is 12.3. The fraction of sp³-hybridized carbons (Fsp3) is 0.500. The van der Waals surface area contributed by atoms with Gasteiger partial charge in [0.1, 0.15) is 9.20 Å². The molecule has 0 saturated heterocycles. The number of ether oxygens (including phenoxy) is 1. The molecule has 1 aromatic heterocycles. The van der Waals surface area contributed by atoms with E-state index in [0.29, 0.717) is 4.88 Å². The van der Waals surface area contributed by atoms with Crippen molar-refractivity contribution in [3.05, 3.63) is 17.0 Å². The van der Waals surface area contributed by atoms with Gasteiger partial charge in [-0.3, -0.25) is 0 Å². The zero-order valence-corrected chi connectivity index (χ0v) is 12.9. The highest BCUT2D eigenvalue weighted by atomic mass is 32.2. The smallest absolute Gasteiger partial charge is 0.252 e. The van der Waals surface area contributed by atoms with E-state index in [9.17, 15) is 8.42 Å². The second kappa shape index (κ2) is 7.27. The van der Waals surface area contributed by atoms with Gasteiger partial charge in [-0.05, 0) is 12.1 Å². The first kappa shape index (κ1) is 16.5. The maximum Gasteiger partial charge on any atom is 0.252 e. The van der Waals surface area contributed by atoms with Crippen LogP contribution in [0.3, 0.4) is 0 Å². The van der Waals surface area contributed by atoms with Crippen molar-refractivity contribution in [2.24, 2.45) is 5.73 Å². The maximum atomic E-state index is 12.3. The Labute approximate surface area is 121 Å². The largest absolute Gasteiger partial charge is 0.395 e. The van der Waals surface area contributed by atoms with Crippen LogP contribution in [-0.2, 0) is 14.8 Å². The zero-order valence-electron chi connectivity index (χ0n) is 10.4. The van der Waals surface area contributed by atoms with Crippen molar-refractivity contribution in [1.82, 2.24) is 4.31 Å². The quantitative estimate of drug-likeness (QED) is 0.655. The Morgan fingerprint density at radius 2 is 2.21 bits per heavy atom. The lowest BCUT2D eigenvalue weighted by molar-refractivity contribution is 0.169. The first-order valence-electron chi connectivity index (χ1n) is 5.43. The summed E-state index contributed by atoms with van der Waals surface area (Å²) in [7, 11) is -2.17. The highest BCUT2D eigenvalue weighted by Crippen LogP contribution is 2.24. The van der Waals surface area contributed by atoms with E-state index in [0.717, 1.165) is 11.3 Å². The summed E-state index contributed by atoms with van der Waals surface area (Å²) in [5.41, 5.74) is 5.46. The molecule has 3 N–H and O–H groups in total. The van der Waals surface area contributed by atoms with Crippen LogP contribution in [0.15, 0.2) is 16.3 Å². The molecule has 0 aliphatic rings. The van der Waals surface area contributed by atoms with E-state index in [2.05, 4.69) is 0 Å². The number of methoxy groups -OCH3 is 1. The Morgan fingerprint density at radius 3 is 2.68 bits per heavy atom. The number of hydrogen-bond donors (Lipinski definition) is 2. The van der Waals surface area contributed by atoms with Gasteiger partial charge in [0.15, 0.2) is 0 Å². The van der Waals surface area contributed by atoms with Crippen molar-refractivity contribution in [2.45, 2.75) is 4.21 Å². The van der Waals surface area contributed by atoms with Gasteiger partial charge in [0.2, 0.25) is 0 Å². The highest BCUT2D eigenvalue weighted by Gasteiger charge is 2.25. The van der Waals surface area contributed by atoms with Crippen LogP contribution in [0.4, 0.5) is 0 Å². The molecule has 0 saturated carbocycles. The number of rotatable bonds is 8. The van der Waals surface area contributed by atoms with Crippen LogP contribution in [0.25, 0.3) is 0 Å². The van der Waals surface area contributed by atoms with Crippen LogP contribution in [0.1, 0.15) is 4.88 Å². The molecule has 0 radical (unpaired) electrons. The fourth-order valence-corrected chi connectivity index (χ4v) is 4.30. The molecule has 0 spiro atoms. The van der Waals surface area contributed by atoms with Crippen molar-refractivity contribution in [3.63, 3.8) is 0 Å². The van der Waals surface area contributed by atoms with Crippen molar-refractivity contribution in [3.8, 4) is 0 Å². The fourth-order valence-electron chi connectivity index (χ4n) is 1.38. The minimum Gasteiger partial charge on any atom is -0.395 e. The number of aliphatic hydroxyl groups is 1. The predicted molar refractivity (Wildman–Crippen MR) is 77.9 cm³/mol. The molecule has 0 fully saturated rings. The molecule has 6 nitrogen and oxygen atoms in total. The first-order chi connectivity index (χ1) is 8.93. The van der Waals surface area contributed by atoms with Gasteiger partial charge in [0, 0.05) is 20.2 Å². The summed E-state index contributed by atoms with van der Waals surface area (Å²) in [5, 5.41) is 8.96. The molecule has 0 atom stereocenters. The summed E-state index contributed by atoms with van der Waals surface area (Å²) in [6.45, 7) is 0.203. The number of sulfonamides is 1. The highest BCUT2D eigenvalue weighted by molar-refractivity contribution is 7.91. The molecular weight excluding hydrogens is 308 g/mol. The summed E-state index contributed by atoms with van der Waals surface area (Å²) in [6.07, 6.45) is 0. The van der Waals surface area contributed by atoms with Crippen LogP contribution in [0.2, 0.25) is 0 Å². The molecule has 108 valence electrons. The standard InChI is InChI=1S/C10H16N2O4S3/c1-16-7-5-12(4-6-13)19(14,15)9-3-2-8(18-9)10(11)17/h2-3,13H,4-7H2,1H3,(H2,11,17). The summed E-state index contributed by atoms with van der Waals surface area (Å²) in [6, 6.07) is 3.04. The Hall–Kier alpha value is -0.580. The van der Waals surface area contributed by atoms with Gasteiger partial charge in [-0.2, -0.15) is 4.31 Å². The van der Waals surface area contributed by atoms with Crippen molar-refractivity contribution in [1.29, 1.82) is 0 Å². The summed E-state index contributed by atoms with van der Waals surface area (Å²) in [4.78, 5) is 0.710. The molecule has 0 aromatic carbocycles. The third-order valence-corrected chi connectivity index (χ3v) is 6.15. The van der Waals surface area contributed by atoms with Crippen LogP contribution in [0, 0.1) is 0 Å². The molecule has 0 aliphatic carbocycles. The van der Waals surface area contributed by atoms with E-state index in [1.54, 1.807) is 6.07 Å². The van der Waals surface area contributed by atoms with Gasteiger partial charge in [0.05, 0.1) is 18.1 Å². The minimum atomic E-state index is -3.65. The third kappa shape index (κ3) is 4.20. The minimum absolute atomic E-state index is 0.0198. The zero-order chi connectivity index (χ0) is 14.5. The number of nitrogens with zero attached hydrogens (tertiary/aromatic N) is 1. The van der Waals surface area contributed by atoms with Crippen LogP contribution >= 0.6 is 23.6 Å². The molecule has 19 heavy (non-hydrogen) atoms. The lowest BCUT2D eigenvalue weighted by atomic mass is 10.5. The molecule has 0 unspecified atom stereocenters. The molecule has 1 rings (SSSR count). The van der Waals surface area contributed by atoms with Crippen molar-refractivity contribution >= 4 is 38.6 Å². The summed E-state index contributed by atoms with van der Waals surface area (Å²) >= 11 is 5.82. The van der Waals surface area contributed by atoms with Crippen molar-refractivity contribution < 1.29 is 18.3 Å². The monoisotopic (exact) mass is 324 g/mol. The van der Waals surface area contributed by atoms with E-state index in [-0.39, 0.29) is 35.5 Å². The Morgan fingerprint density at radius 1 is 1.53 bits per heavy atom. The summed E-state index contributed by atoms with van der Waals surface area (Å²) < 4.78 is 30.9. The average molecular weight is 324 g/mol. The Kier molecular flexibility index (Phi) is 6.30. The van der Waals surface area contributed by atoms with Gasteiger partial charge in [-0.25, -0.2) is 8.42 Å². The number of aliphatic hydroxyl groups excluding tert-OH is 1. The molecule has 1 heterocycles. The predicted octanol–water partition coefficient (Wildman–Crippen LogP) is 0.0117. The van der Waals surface area contributed by atoms with Crippen LogP contribution in [0.5, 0.6) is 0 Å². The van der Waals surface area contributed by atoms with Gasteiger partial charge in [-0.1, -0.05) is 12.2 Å². The first-order valence-corrected chi connectivity index (χ1v) is 8.09. The number of thiophene rings is 1. The number of thiocarbonyl (C=S) groups is 1. The van der Waals surface area contributed by atoms with Gasteiger partial charge >= 0.3 is 0 Å². The van der Waals surface area contributed by atoms with Gasteiger partial charge < -0.3 is 15.6 Å². The van der Waals surface area contributed by atoms with E-state index < -0.39 is 10.0 Å². The van der Waals surface area contributed by atoms with E-state index >= 15 is 0 Å². The Balaban J connectivity index is 3.00. The molecular formula is C10H16N2O4S3. The lowest BCUT2D eigenvalue weighted by Gasteiger charge is -2.19. The topological polar surface area (TPSA) is 92.9 Å². The van der Waals surface area contributed by atoms with E-state index in [4.69, 9.17) is 27.8 Å². The second-order valence-corrected chi connectivity index (χ2v) is 7.29. The van der Waals surface area contributed by atoms with Gasteiger partial charge in [-0.15, -0.1) is 11.3 Å². The SMILES string of the molecule is COCCN(CCO)S(=O)(=O)c1ccc(C(N)=S)s1. The van der Waals surface area contributed by atoms with Crippen LogP contribution in [-0.4, -0.2) is 56.2 Å². The molecule has 0 amide bonds. The molecule has 0 bridgehead atoms. The van der Waals surface area contributed by atoms with Crippen LogP contribution < -0.4 is 5.73 Å². The summed E-state index contributed by atoms with van der Waals surface area (Å²) in [5.74, 6) is 0. The molecule has 0 aliphatic heterocycles. The molecule has 1 aromatic rings. The lowest BCUT2D eigenvalue weighted by Crippen LogP contribution is -2.35. The van der Waals surface area contributed by atoms with Gasteiger partial charge in [0.25, 0.3) is 10.0 Å². The van der Waals surface area contributed by atoms with E-state index in [1.807, 2.05) is 0 Å². The normalized spacial score (nSPS) is 11.9.